The molecule has 0 saturated heterocycles. The molecule has 0 unspecified atom stereocenters. The fraction of sp³-hybridized carbons (Fsp3) is 0.385. The van der Waals surface area contributed by atoms with Gasteiger partial charge in [-0.1, -0.05) is 0 Å². The van der Waals surface area contributed by atoms with Gasteiger partial charge in [0.25, 0.3) is 0 Å². The number of rotatable bonds is 4. The molecule has 2 heterocycles. The predicted molar refractivity (Wildman–Crippen MR) is 118 cm³/mol. The van der Waals surface area contributed by atoms with Crippen LogP contribution in [0.2, 0.25) is 0 Å². The van der Waals surface area contributed by atoms with Gasteiger partial charge in [-0.2, -0.15) is 0 Å². The Bertz CT molecular complexity index is 1260. The summed E-state index contributed by atoms with van der Waals surface area (Å²) in [5, 5.41) is 0.913. The van der Waals surface area contributed by atoms with Crippen LogP contribution in [-0.2, 0) is 0 Å². The van der Waals surface area contributed by atoms with Gasteiger partial charge in [0.15, 0.2) is 11.6 Å². The average Bonchev–Trinajstić information content (AvgIpc) is 3.55. The topological polar surface area (TPSA) is 41.6 Å². The van der Waals surface area contributed by atoms with Crippen molar-refractivity contribution in [2.75, 3.05) is 0 Å². The zero-order chi connectivity index (χ0) is 21.8. The van der Waals surface area contributed by atoms with E-state index < -0.39 is 11.6 Å². The van der Waals surface area contributed by atoms with Crippen LogP contribution in [0.3, 0.4) is 0 Å². The van der Waals surface area contributed by atoms with E-state index in [1.165, 1.54) is 36.6 Å². The Morgan fingerprint density at radius 1 is 0.812 bits per heavy atom. The van der Waals surface area contributed by atoms with E-state index in [2.05, 4.69) is 15.0 Å². The lowest BCUT2D eigenvalue weighted by Gasteiger charge is -2.34. The summed E-state index contributed by atoms with van der Waals surface area (Å²) in [6, 6.07) is 9.23. The quantitative estimate of drug-likeness (QED) is 0.375. The van der Waals surface area contributed by atoms with Crippen molar-refractivity contribution >= 4 is 21.9 Å². The average molecular weight is 435 g/mol. The number of benzene rings is 2. The van der Waals surface area contributed by atoms with E-state index in [-0.39, 0.29) is 5.82 Å². The molecule has 0 radical (unpaired) electrons. The highest BCUT2D eigenvalue weighted by Crippen LogP contribution is 2.51. The number of pyridine rings is 1. The molecule has 1 N–H and O–H groups in total. The SMILES string of the molecule is Fc1ccc2nccc([C@H]3CC[C@@H]([C@H](c4nc5cc(F)c(F)cc5[nH]4)C4CC4)CC3)c2c1. The first-order chi connectivity index (χ1) is 15.6. The fourth-order valence-electron chi connectivity index (χ4n) is 5.75. The summed E-state index contributed by atoms with van der Waals surface area (Å²) in [5.41, 5.74) is 3.07. The van der Waals surface area contributed by atoms with Gasteiger partial charge in [0, 0.05) is 29.6 Å². The molecule has 0 amide bonds. The maximum Gasteiger partial charge on any atom is 0.161 e. The highest BCUT2D eigenvalue weighted by atomic mass is 19.2. The summed E-state index contributed by atoms with van der Waals surface area (Å²) in [6.45, 7) is 0. The Hall–Kier alpha value is -2.89. The molecule has 0 spiro atoms. The van der Waals surface area contributed by atoms with Crippen molar-refractivity contribution in [1.82, 2.24) is 15.0 Å². The lowest BCUT2D eigenvalue weighted by atomic mass is 9.72. The summed E-state index contributed by atoms with van der Waals surface area (Å²) < 4.78 is 41.2. The second kappa shape index (κ2) is 7.61. The summed E-state index contributed by atoms with van der Waals surface area (Å²) in [5.74, 6) is 0.677. The molecular weight excluding hydrogens is 411 g/mol. The maximum atomic E-state index is 13.9. The van der Waals surface area contributed by atoms with Gasteiger partial charge in [0.2, 0.25) is 0 Å². The van der Waals surface area contributed by atoms with Crippen LogP contribution in [0.1, 0.15) is 61.7 Å². The molecule has 2 aromatic heterocycles. The number of imidazole rings is 1. The maximum absolute atomic E-state index is 13.9. The minimum absolute atomic E-state index is 0.230. The Kier molecular flexibility index (Phi) is 4.70. The number of halogens is 3. The van der Waals surface area contributed by atoms with Gasteiger partial charge in [-0.25, -0.2) is 18.2 Å². The first-order valence-electron chi connectivity index (χ1n) is 11.5. The largest absolute Gasteiger partial charge is 0.342 e. The zero-order valence-electron chi connectivity index (χ0n) is 17.6. The van der Waals surface area contributed by atoms with E-state index in [0.717, 1.165) is 42.4 Å². The van der Waals surface area contributed by atoms with E-state index in [0.29, 0.717) is 34.7 Å². The van der Waals surface area contributed by atoms with E-state index in [1.807, 2.05) is 12.3 Å². The van der Waals surface area contributed by atoms with Crippen LogP contribution >= 0.6 is 0 Å². The highest BCUT2D eigenvalue weighted by molar-refractivity contribution is 5.82. The summed E-state index contributed by atoms with van der Waals surface area (Å²) in [4.78, 5) is 12.3. The summed E-state index contributed by atoms with van der Waals surface area (Å²) >= 11 is 0. The molecule has 2 aromatic carbocycles. The second-order valence-corrected chi connectivity index (χ2v) is 9.44. The van der Waals surface area contributed by atoms with E-state index >= 15 is 0 Å². The molecule has 2 aliphatic carbocycles. The van der Waals surface area contributed by atoms with Gasteiger partial charge in [-0.15, -0.1) is 0 Å². The molecule has 164 valence electrons. The van der Waals surface area contributed by atoms with Crippen LogP contribution in [0.5, 0.6) is 0 Å². The molecule has 3 nitrogen and oxygen atoms in total. The predicted octanol–water partition coefficient (Wildman–Crippen LogP) is 7.00. The zero-order valence-corrected chi connectivity index (χ0v) is 17.6. The highest BCUT2D eigenvalue weighted by Gasteiger charge is 2.41. The van der Waals surface area contributed by atoms with Gasteiger partial charge in [0.1, 0.15) is 11.6 Å². The van der Waals surface area contributed by atoms with E-state index in [1.54, 1.807) is 12.1 Å². The Morgan fingerprint density at radius 3 is 2.28 bits per heavy atom. The number of hydrogen-bond donors (Lipinski definition) is 1. The van der Waals surface area contributed by atoms with Crippen molar-refractivity contribution < 1.29 is 13.2 Å². The fourth-order valence-corrected chi connectivity index (χ4v) is 5.75. The van der Waals surface area contributed by atoms with Crippen LogP contribution in [0.4, 0.5) is 13.2 Å². The number of nitrogens with zero attached hydrogens (tertiary/aromatic N) is 2. The van der Waals surface area contributed by atoms with Gasteiger partial charge in [0.05, 0.1) is 16.6 Å². The lowest BCUT2D eigenvalue weighted by molar-refractivity contribution is 0.259. The number of hydrogen-bond acceptors (Lipinski definition) is 2. The van der Waals surface area contributed by atoms with Gasteiger partial charge >= 0.3 is 0 Å². The molecule has 2 fully saturated rings. The Balaban J connectivity index is 1.26. The third-order valence-electron chi connectivity index (χ3n) is 7.44. The Labute approximate surface area is 184 Å². The van der Waals surface area contributed by atoms with Crippen molar-refractivity contribution in [2.24, 2.45) is 11.8 Å². The summed E-state index contributed by atoms with van der Waals surface area (Å²) in [7, 11) is 0. The number of aromatic amines is 1. The molecule has 6 heteroatoms. The van der Waals surface area contributed by atoms with Crippen LogP contribution in [0, 0.1) is 29.3 Å². The van der Waals surface area contributed by atoms with Crippen molar-refractivity contribution in [3.05, 3.63) is 71.4 Å². The van der Waals surface area contributed by atoms with E-state index in [4.69, 9.17) is 0 Å². The molecule has 6 rings (SSSR count). The van der Waals surface area contributed by atoms with Crippen LogP contribution in [-0.4, -0.2) is 15.0 Å². The minimum atomic E-state index is -0.861. The number of fused-ring (bicyclic) bond motifs is 2. The minimum Gasteiger partial charge on any atom is -0.342 e. The first kappa shape index (κ1) is 19.8. The molecule has 2 saturated carbocycles. The lowest BCUT2D eigenvalue weighted by Crippen LogP contribution is -2.22. The third kappa shape index (κ3) is 3.46. The molecule has 2 aliphatic rings. The van der Waals surface area contributed by atoms with Gasteiger partial charge in [-0.3, -0.25) is 4.98 Å². The van der Waals surface area contributed by atoms with Crippen LogP contribution in [0.15, 0.2) is 42.6 Å². The molecule has 0 bridgehead atoms. The van der Waals surface area contributed by atoms with E-state index in [9.17, 15) is 13.2 Å². The summed E-state index contributed by atoms with van der Waals surface area (Å²) in [6.07, 6.45) is 8.37. The normalized spacial score (nSPS) is 22.5. The number of nitrogens with one attached hydrogen (secondary N) is 1. The molecule has 1 atom stereocenters. The van der Waals surface area contributed by atoms with Crippen molar-refractivity contribution in [2.45, 2.75) is 50.4 Å². The number of H-pyrrole nitrogens is 1. The Morgan fingerprint density at radius 2 is 1.53 bits per heavy atom. The van der Waals surface area contributed by atoms with Gasteiger partial charge in [-0.05, 0) is 86.1 Å². The monoisotopic (exact) mass is 435 g/mol. The smallest absolute Gasteiger partial charge is 0.161 e. The number of aromatic nitrogens is 3. The van der Waals surface area contributed by atoms with Crippen molar-refractivity contribution in [3.8, 4) is 0 Å². The third-order valence-corrected chi connectivity index (χ3v) is 7.44. The second-order valence-electron chi connectivity index (χ2n) is 9.44. The molecular formula is C26H24F3N3. The van der Waals surface area contributed by atoms with Crippen molar-refractivity contribution in [3.63, 3.8) is 0 Å². The molecule has 32 heavy (non-hydrogen) atoms. The standard InChI is InChI=1S/C26H24F3N3/c27-17-7-8-22-19(11-17)18(9-10-30-22)14-1-3-15(4-2-14)25(16-5-6-16)26-31-23-12-20(28)21(29)13-24(23)32-26/h7-16,25H,1-6H2,(H,31,32)/t14-,15+,25-/m0/s1. The van der Waals surface area contributed by atoms with Crippen LogP contribution < -0.4 is 0 Å². The molecule has 4 aromatic rings. The first-order valence-corrected chi connectivity index (χ1v) is 11.5. The van der Waals surface area contributed by atoms with Crippen LogP contribution in [0.25, 0.3) is 21.9 Å². The molecule has 0 aliphatic heterocycles. The van der Waals surface area contributed by atoms with Gasteiger partial charge < -0.3 is 4.98 Å². The van der Waals surface area contributed by atoms with Crippen molar-refractivity contribution in [1.29, 1.82) is 0 Å².